The molecule has 0 bridgehead atoms. The summed E-state index contributed by atoms with van der Waals surface area (Å²) in [6.45, 7) is 0. The lowest BCUT2D eigenvalue weighted by atomic mass is 10.1. The number of likely N-dealkylation sites (N-methyl/N-ethyl adjacent to an activating group) is 1. The highest BCUT2D eigenvalue weighted by atomic mass is 35.5. The molecule has 0 saturated heterocycles. The number of amides is 1. The predicted molar refractivity (Wildman–Crippen MR) is 68.8 cm³/mol. The Labute approximate surface area is 111 Å². The summed E-state index contributed by atoms with van der Waals surface area (Å²) < 4.78 is 15.6. The normalized spacial score (nSPS) is 11.6. The predicted octanol–water partition coefficient (Wildman–Crippen LogP) is 1.74. The molecule has 0 aliphatic rings. The third kappa shape index (κ3) is 2.79. The first-order chi connectivity index (χ1) is 8.58. The number of methoxy groups -OCH3 is 3. The van der Waals surface area contributed by atoms with E-state index >= 15 is 0 Å². The molecule has 0 spiro atoms. The average Bonchev–Trinajstić information content (AvgIpc) is 2.43. The molecule has 6 heteroatoms. The molecule has 0 heterocycles. The molecule has 1 aromatic rings. The van der Waals surface area contributed by atoms with Gasteiger partial charge in [-0.25, -0.2) is 0 Å². The van der Waals surface area contributed by atoms with E-state index in [2.05, 4.69) is 5.32 Å². The number of benzene rings is 1. The maximum absolute atomic E-state index is 11.5. The van der Waals surface area contributed by atoms with Crippen LogP contribution in [0.25, 0.3) is 0 Å². The number of hydrogen-bond donors (Lipinski definition) is 1. The van der Waals surface area contributed by atoms with Gasteiger partial charge in [0.1, 0.15) is 5.38 Å². The van der Waals surface area contributed by atoms with Crippen LogP contribution in [0.5, 0.6) is 17.2 Å². The fraction of sp³-hybridized carbons (Fsp3) is 0.417. The zero-order chi connectivity index (χ0) is 13.7. The summed E-state index contributed by atoms with van der Waals surface area (Å²) >= 11 is 6.05. The van der Waals surface area contributed by atoms with Crippen LogP contribution in [-0.4, -0.2) is 34.3 Å². The van der Waals surface area contributed by atoms with Crippen molar-refractivity contribution in [1.82, 2.24) is 5.32 Å². The molecule has 100 valence electrons. The fourth-order valence-corrected chi connectivity index (χ4v) is 1.76. The lowest BCUT2D eigenvalue weighted by molar-refractivity contribution is -0.120. The van der Waals surface area contributed by atoms with Gasteiger partial charge in [-0.2, -0.15) is 0 Å². The molecule has 0 radical (unpaired) electrons. The van der Waals surface area contributed by atoms with Gasteiger partial charge >= 0.3 is 0 Å². The van der Waals surface area contributed by atoms with Crippen molar-refractivity contribution in [1.29, 1.82) is 0 Å². The molecule has 0 aromatic heterocycles. The molecular formula is C12H16ClNO4. The first-order valence-corrected chi connectivity index (χ1v) is 5.68. The highest BCUT2D eigenvalue weighted by Gasteiger charge is 2.21. The van der Waals surface area contributed by atoms with Crippen LogP contribution in [0.3, 0.4) is 0 Å². The van der Waals surface area contributed by atoms with E-state index in [1.165, 1.54) is 28.4 Å². The molecule has 1 aromatic carbocycles. The number of halogens is 1. The van der Waals surface area contributed by atoms with Gasteiger partial charge in [-0.05, 0) is 17.7 Å². The maximum Gasteiger partial charge on any atom is 0.242 e. The Balaban J connectivity index is 3.27. The Kier molecular flexibility index (Phi) is 5.09. The quantitative estimate of drug-likeness (QED) is 0.830. The molecule has 0 fully saturated rings. The zero-order valence-electron chi connectivity index (χ0n) is 10.7. The Morgan fingerprint density at radius 2 is 1.67 bits per heavy atom. The topological polar surface area (TPSA) is 56.8 Å². The van der Waals surface area contributed by atoms with Crippen LogP contribution in [0, 0.1) is 0 Å². The minimum absolute atomic E-state index is 0.300. The summed E-state index contributed by atoms with van der Waals surface area (Å²) in [5.41, 5.74) is 0.575. The van der Waals surface area contributed by atoms with E-state index in [1.54, 1.807) is 12.1 Å². The third-order valence-electron chi connectivity index (χ3n) is 2.46. The number of hydrogen-bond acceptors (Lipinski definition) is 4. The van der Waals surface area contributed by atoms with Gasteiger partial charge in [0.25, 0.3) is 0 Å². The Hall–Kier alpha value is -1.62. The molecular weight excluding hydrogens is 258 g/mol. The van der Waals surface area contributed by atoms with Gasteiger partial charge in [0.2, 0.25) is 11.7 Å². The molecule has 1 unspecified atom stereocenters. The van der Waals surface area contributed by atoms with E-state index in [0.29, 0.717) is 22.8 Å². The first kappa shape index (κ1) is 14.4. The summed E-state index contributed by atoms with van der Waals surface area (Å²) in [4.78, 5) is 11.5. The average molecular weight is 274 g/mol. The largest absolute Gasteiger partial charge is 0.493 e. The highest BCUT2D eigenvalue weighted by Crippen LogP contribution is 2.40. The zero-order valence-corrected chi connectivity index (χ0v) is 11.5. The minimum atomic E-state index is -0.816. The second-order valence-electron chi connectivity index (χ2n) is 3.44. The van der Waals surface area contributed by atoms with Crippen molar-refractivity contribution >= 4 is 17.5 Å². The number of nitrogens with one attached hydrogen (secondary N) is 1. The third-order valence-corrected chi connectivity index (χ3v) is 2.91. The van der Waals surface area contributed by atoms with Gasteiger partial charge in [0, 0.05) is 7.05 Å². The molecule has 1 N–H and O–H groups in total. The van der Waals surface area contributed by atoms with E-state index in [4.69, 9.17) is 25.8 Å². The summed E-state index contributed by atoms with van der Waals surface area (Å²) in [5.74, 6) is 1.08. The number of ether oxygens (including phenoxy) is 3. The van der Waals surface area contributed by atoms with Crippen LogP contribution in [0.1, 0.15) is 10.9 Å². The van der Waals surface area contributed by atoms with Gasteiger partial charge in [-0.15, -0.1) is 11.6 Å². The molecule has 0 saturated carbocycles. The lowest BCUT2D eigenvalue weighted by Gasteiger charge is -2.16. The van der Waals surface area contributed by atoms with Gasteiger partial charge in [0.15, 0.2) is 11.5 Å². The van der Waals surface area contributed by atoms with Gasteiger partial charge in [-0.3, -0.25) is 4.79 Å². The fourth-order valence-electron chi connectivity index (χ4n) is 1.53. The van der Waals surface area contributed by atoms with E-state index < -0.39 is 5.38 Å². The Bertz CT molecular complexity index is 411. The van der Waals surface area contributed by atoms with Gasteiger partial charge < -0.3 is 19.5 Å². The number of carbonyl (C=O) groups is 1. The van der Waals surface area contributed by atoms with Crippen LogP contribution in [0.4, 0.5) is 0 Å². The Morgan fingerprint density at radius 3 is 2.00 bits per heavy atom. The van der Waals surface area contributed by atoms with Crippen LogP contribution in [-0.2, 0) is 4.79 Å². The van der Waals surface area contributed by atoms with Crippen molar-refractivity contribution in [2.45, 2.75) is 5.38 Å². The monoisotopic (exact) mass is 273 g/mol. The summed E-state index contributed by atoms with van der Waals surface area (Å²) in [5, 5.41) is 1.67. The van der Waals surface area contributed by atoms with Crippen LogP contribution < -0.4 is 19.5 Å². The maximum atomic E-state index is 11.5. The van der Waals surface area contributed by atoms with Crippen molar-refractivity contribution in [3.8, 4) is 17.2 Å². The first-order valence-electron chi connectivity index (χ1n) is 5.24. The van der Waals surface area contributed by atoms with Crippen LogP contribution in [0.2, 0.25) is 0 Å². The second kappa shape index (κ2) is 6.35. The molecule has 1 amide bonds. The molecule has 1 rings (SSSR count). The van der Waals surface area contributed by atoms with Crippen molar-refractivity contribution in [3.63, 3.8) is 0 Å². The summed E-state index contributed by atoms with van der Waals surface area (Å²) in [6, 6.07) is 3.29. The van der Waals surface area contributed by atoms with E-state index in [0.717, 1.165) is 0 Å². The number of rotatable bonds is 5. The van der Waals surface area contributed by atoms with E-state index in [9.17, 15) is 4.79 Å². The van der Waals surface area contributed by atoms with Crippen molar-refractivity contribution < 1.29 is 19.0 Å². The van der Waals surface area contributed by atoms with Gasteiger partial charge in [0.05, 0.1) is 21.3 Å². The summed E-state index contributed by atoms with van der Waals surface area (Å²) in [7, 11) is 6.04. The SMILES string of the molecule is CNC(=O)C(Cl)c1cc(OC)c(OC)c(OC)c1. The van der Waals surface area contributed by atoms with E-state index in [-0.39, 0.29) is 5.91 Å². The number of alkyl halides is 1. The van der Waals surface area contributed by atoms with Crippen molar-refractivity contribution in [3.05, 3.63) is 17.7 Å². The number of carbonyl (C=O) groups excluding carboxylic acids is 1. The molecule has 1 atom stereocenters. The highest BCUT2D eigenvalue weighted by molar-refractivity contribution is 6.30. The van der Waals surface area contributed by atoms with Gasteiger partial charge in [-0.1, -0.05) is 0 Å². The molecule has 0 aliphatic heterocycles. The van der Waals surface area contributed by atoms with Crippen molar-refractivity contribution in [2.24, 2.45) is 0 Å². The van der Waals surface area contributed by atoms with Crippen LogP contribution >= 0.6 is 11.6 Å². The second-order valence-corrected chi connectivity index (χ2v) is 3.87. The standard InChI is InChI=1S/C12H16ClNO4/c1-14-12(15)10(13)7-5-8(16-2)11(18-4)9(6-7)17-3/h5-6,10H,1-4H3,(H,14,15). The summed E-state index contributed by atoms with van der Waals surface area (Å²) in [6.07, 6.45) is 0. The Morgan fingerprint density at radius 1 is 1.17 bits per heavy atom. The molecule has 0 aliphatic carbocycles. The van der Waals surface area contributed by atoms with Crippen LogP contribution in [0.15, 0.2) is 12.1 Å². The lowest BCUT2D eigenvalue weighted by Crippen LogP contribution is -2.22. The molecule has 5 nitrogen and oxygen atoms in total. The smallest absolute Gasteiger partial charge is 0.242 e. The minimum Gasteiger partial charge on any atom is -0.493 e. The molecule has 18 heavy (non-hydrogen) atoms. The van der Waals surface area contributed by atoms with Crippen molar-refractivity contribution in [2.75, 3.05) is 28.4 Å². The van der Waals surface area contributed by atoms with E-state index in [1.807, 2.05) is 0 Å².